The molecule has 1 aromatic carbocycles. The number of halogens is 1. The predicted octanol–water partition coefficient (Wildman–Crippen LogP) is 3.05. The maximum atomic E-state index is 13.1. The molecule has 3 nitrogen and oxygen atoms in total. The molecular weight excluding hydrogens is 263 g/mol. The Morgan fingerprint density at radius 2 is 2.26 bits per heavy atom. The van der Waals surface area contributed by atoms with Crippen LogP contribution < -0.4 is 0 Å². The maximum Gasteiger partial charge on any atom is 0.123 e. The number of rotatable bonds is 3. The van der Waals surface area contributed by atoms with Crippen LogP contribution in [-0.2, 0) is 13.5 Å². The van der Waals surface area contributed by atoms with E-state index in [1.807, 2.05) is 19.3 Å². The molecule has 19 heavy (non-hydrogen) atoms. The summed E-state index contributed by atoms with van der Waals surface area (Å²) in [6, 6.07) is 6.53. The smallest absolute Gasteiger partial charge is 0.123 e. The highest BCUT2D eigenvalue weighted by atomic mass is 32.1. The number of hydrogen-bond donors (Lipinski definition) is 1. The van der Waals surface area contributed by atoms with Crippen LogP contribution >= 0.6 is 11.3 Å². The molecular formula is C14H13FN2OS. The molecule has 2 aromatic heterocycles. The summed E-state index contributed by atoms with van der Waals surface area (Å²) >= 11 is 1.50. The molecule has 0 fully saturated rings. The first kappa shape index (κ1) is 12.3. The lowest BCUT2D eigenvalue weighted by Gasteiger charge is -2.05. The Balaban J connectivity index is 1.86. The lowest BCUT2D eigenvalue weighted by atomic mass is 10.1. The van der Waals surface area contributed by atoms with E-state index in [1.54, 1.807) is 16.9 Å². The highest BCUT2D eigenvalue weighted by Gasteiger charge is 2.13. The molecule has 3 rings (SSSR count). The van der Waals surface area contributed by atoms with Crippen molar-refractivity contribution in [2.45, 2.75) is 12.5 Å². The van der Waals surface area contributed by atoms with E-state index in [9.17, 15) is 9.50 Å². The number of thiophene rings is 1. The molecule has 0 aliphatic carbocycles. The van der Waals surface area contributed by atoms with Gasteiger partial charge in [0, 0.05) is 29.2 Å². The van der Waals surface area contributed by atoms with Crippen molar-refractivity contribution in [3.63, 3.8) is 0 Å². The third kappa shape index (κ3) is 2.52. The molecule has 1 atom stereocenters. The molecule has 0 amide bonds. The lowest BCUT2D eigenvalue weighted by molar-refractivity contribution is 0.182. The van der Waals surface area contributed by atoms with Gasteiger partial charge in [0.1, 0.15) is 5.82 Å². The Morgan fingerprint density at radius 1 is 1.42 bits per heavy atom. The van der Waals surface area contributed by atoms with Gasteiger partial charge in [-0.05, 0) is 35.2 Å². The molecule has 0 aliphatic rings. The van der Waals surface area contributed by atoms with Gasteiger partial charge in [-0.2, -0.15) is 5.10 Å². The first-order valence-corrected chi connectivity index (χ1v) is 6.78. The van der Waals surface area contributed by atoms with Crippen LogP contribution in [0.3, 0.4) is 0 Å². The van der Waals surface area contributed by atoms with Gasteiger partial charge in [0.05, 0.1) is 12.3 Å². The Kier molecular flexibility index (Phi) is 3.08. The van der Waals surface area contributed by atoms with Gasteiger partial charge in [-0.1, -0.05) is 0 Å². The minimum atomic E-state index is -0.579. The van der Waals surface area contributed by atoms with E-state index in [-0.39, 0.29) is 5.82 Å². The minimum Gasteiger partial charge on any atom is -0.387 e. The molecule has 0 saturated carbocycles. The highest BCUT2D eigenvalue weighted by Crippen LogP contribution is 2.31. The number of hydrogen-bond acceptors (Lipinski definition) is 3. The first-order chi connectivity index (χ1) is 9.11. The zero-order valence-corrected chi connectivity index (χ0v) is 11.2. The number of benzene rings is 1. The van der Waals surface area contributed by atoms with Crippen LogP contribution in [0.4, 0.5) is 4.39 Å². The first-order valence-electron chi connectivity index (χ1n) is 5.96. The minimum absolute atomic E-state index is 0.251. The van der Waals surface area contributed by atoms with Crippen molar-refractivity contribution in [2.24, 2.45) is 7.05 Å². The summed E-state index contributed by atoms with van der Waals surface area (Å²) in [6.07, 6.45) is 3.57. The zero-order chi connectivity index (χ0) is 13.4. The topological polar surface area (TPSA) is 38.0 Å². The van der Waals surface area contributed by atoms with Gasteiger partial charge in [-0.3, -0.25) is 4.68 Å². The SMILES string of the molecule is Cn1cc(CC(O)c2cc3cc(F)ccc3s2)cn1. The summed E-state index contributed by atoms with van der Waals surface area (Å²) < 4.78 is 15.8. The number of aromatic nitrogens is 2. The molecule has 0 radical (unpaired) electrons. The summed E-state index contributed by atoms with van der Waals surface area (Å²) in [5.74, 6) is -0.251. The fourth-order valence-corrected chi connectivity index (χ4v) is 3.13. The largest absolute Gasteiger partial charge is 0.387 e. The Morgan fingerprint density at radius 3 is 3.00 bits per heavy atom. The molecule has 0 bridgehead atoms. The third-order valence-electron chi connectivity index (χ3n) is 3.01. The van der Waals surface area contributed by atoms with Gasteiger partial charge >= 0.3 is 0 Å². The quantitative estimate of drug-likeness (QED) is 0.798. The van der Waals surface area contributed by atoms with Gasteiger partial charge in [-0.15, -0.1) is 11.3 Å². The molecule has 0 saturated heterocycles. The van der Waals surface area contributed by atoms with Crippen LogP contribution in [0.15, 0.2) is 36.7 Å². The Bertz CT molecular complexity index is 719. The molecule has 2 heterocycles. The number of aryl methyl sites for hydroxylation is 1. The van der Waals surface area contributed by atoms with Crippen LogP contribution in [0, 0.1) is 5.82 Å². The number of nitrogens with zero attached hydrogens (tertiary/aromatic N) is 2. The fourth-order valence-electron chi connectivity index (χ4n) is 2.10. The second-order valence-electron chi connectivity index (χ2n) is 4.57. The maximum absolute atomic E-state index is 13.1. The van der Waals surface area contributed by atoms with Crippen molar-refractivity contribution >= 4 is 21.4 Å². The second kappa shape index (κ2) is 4.75. The summed E-state index contributed by atoms with van der Waals surface area (Å²) in [5, 5.41) is 15.1. The van der Waals surface area contributed by atoms with Crippen molar-refractivity contribution in [2.75, 3.05) is 0 Å². The van der Waals surface area contributed by atoms with E-state index in [1.165, 1.54) is 23.5 Å². The fraction of sp³-hybridized carbons (Fsp3) is 0.214. The second-order valence-corrected chi connectivity index (χ2v) is 5.69. The average molecular weight is 276 g/mol. The van der Waals surface area contributed by atoms with Crippen LogP contribution in [0.1, 0.15) is 16.5 Å². The van der Waals surface area contributed by atoms with E-state index in [4.69, 9.17) is 0 Å². The van der Waals surface area contributed by atoms with E-state index in [2.05, 4.69) is 5.10 Å². The summed E-state index contributed by atoms with van der Waals surface area (Å²) in [5.41, 5.74) is 0.985. The standard InChI is InChI=1S/C14H13FN2OS/c1-17-8-9(7-16-17)4-12(18)14-6-10-5-11(15)2-3-13(10)19-14/h2-3,5-8,12,18H,4H2,1H3. The summed E-state index contributed by atoms with van der Waals surface area (Å²) in [4.78, 5) is 0.851. The van der Waals surface area contributed by atoms with Crippen molar-refractivity contribution in [1.29, 1.82) is 0 Å². The van der Waals surface area contributed by atoms with Crippen LogP contribution in [-0.4, -0.2) is 14.9 Å². The van der Waals surface area contributed by atoms with Crippen molar-refractivity contribution < 1.29 is 9.50 Å². The van der Waals surface area contributed by atoms with Crippen molar-refractivity contribution in [1.82, 2.24) is 9.78 Å². The Hall–Kier alpha value is -1.72. The number of aliphatic hydroxyl groups excluding tert-OH is 1. The van der Waals surface area contributed by atoms with Crippen LogP contribution in [0.5, 0.6) is 0 Å². The normalized spacial score (nSPS) is 13.0. The van der Waals surface area contributed by atoms with E-state index >= 15 is 0 Å². The monoisotopic (exact) mass is 276 g/mol. The molecule has 3 aromatic rings. The summed E-state index contributed by atoms with van der Waals surface area (Å²) in [6.45, 7) is 0. The van der Waals surface area contributed by atoms with Gasteiger partial charge in [0.2, 0.25) is 0 Å². The van der Waals surface area contributed by atoms with Gasteiger partial charge in [-0.25, -0.2) is 4.39 Å². The molecule has 0 spiro atoms. The predicted molar refractivity (Wildman–Crippen MR) is 73.7 cm³/mol. The average Bonchev–Trinajstić information content (AvgIpc) is 2.95. The molecule has 1 unspecified atom stereocenters. The zero-order valence-electron chi connectivity index (χ0n) is 10.4. The van der Waals surface area contributed by atoms with Crippen LogP contribution in [0.2, 0.25) is 0 Å². The Labute approximate surface area is 113 Å². The van der Waals surface area contributed by atoms with Gasteiger partial charge in [0.25, 0.3) is 0 Å². The molecule has 5 heteroatoms. The van der Waals surface area contributed by atoms with Crippen molar-refractivity contribution in [3.05, 3.63) is 52.9 Å². The summed E-state index contributed by atoms with van der Waals surface area (Å²) in [7, 11) is 1.85. The number of aliphatic hydroxyl groups is 1. The third-order valence-corrected chi connectivity index (χ3v) is 4.23. The lowest BCUT2D eigenvalue weighted by Crippen LogP contribution is -1.98. The van der Waals surface area contributed by atoms with Gasteiger partial charge < -0.3 is 5.11 Å². The molecule has 98 valence electrons. The van der Waals surface area contributed by atoms with Gasteiger partial charge in [0.15, 0.2) is 0 Å². The molecule has 1 N–H and O–H groups in total. The molecule has 0 aliphatic heterocycles. The number of fused-ring (bicyclic) bond motifs is 1. The van der Waals surface area contributed by atoms with Crippen molar-refractivity contribution in [3.8, 4) is 0 Å². The van der Waals surface area contributed by atoms with Crippen LogP contribution in [0.25, 0.3) is 10.1 Å². The van der Waals surface area contributed by atoms with E-state index < -0.39 is 6.10 Å². The van der Waals surface area contributed by atoms with E-state index in [0.29, 0.717) is 6.42 Å². The van der Waals surface area contributed by atoms with E-state index in [0.717, 1.165) is 20.5 Å². The highest BCUT2D eigenvalue weighted by molar-refractivity contribution is 7.19.